The van der Waals surface area contributed by atoms with E-state index in [0.717, 1.165) is 34.4 Å². The predicted octanol–water partition coefficient (Wildman–Crippen LogP) is 7.39. The molecular formula is C29H17ClF5NO4S. The average Bonchev–Trinajstić information content (AvgIpc) is 2.94. The van der Waals surface area contributed by atoms with Crippen LogP contribution in [0, 0.1) is 42.9 Å². The van der Waals surface area contributed by atoms with Gasteiger partial charge in [-0.05, 0) is 84.6 Å². The molecule has 41 heavy (non-hydrogen) atoms. The number of hydrogen-bond acceptors (Lipinski definition) is 4. The first kappa shape index (κ1) is 28.3. The van der Waals surface area contributed by atoms with E-state index in [4.69, 9.17) is 11.6 Å². The van der Waals surface area contributed by atoms with Gasteiger partial charge in [-0.15, -0.1) is 0 Å². The molecule has 0 bridgehead atoms. The highest BCUT2D eigenvalue weighted by Crippen LogP contribution is 2.33. The summed E-state index contributed by atoms with van der Waals surface area (Å²) in [6, 6.07) is 16.8. The monoisotopic (exact) mass is 605 g/mol. The van der Waals surface area contributed by atoms with Crippen LogP contribution in [0.5, 0.6) is 5.75 Å². The van der Waals surface area contributed by atoms with Gasteiger partial charge in [0, 0.05) is 16.5 Å². The van der Waals surface area contributed by atoms with Crippen LogP contribution in [-0.2, 0) is 10.1 Å². The Balaban J connectivity index is 1.57. The molecule has 1 aromatic heterocycles. The van der Waals surface area contributed by atoms with E-state index in [9.17, 15) is 35.2 Å². The number of pyridine rings is 1. The van der Waals surface area contributed by atoms with Gasteiger partial charge in [0.25, 0.3) is 5.56 Å². The SMILES string of the molecule is Cc1cc(-c2ccc(-n3c(=O)ccc4cc(S(=O)(=O)Oc5c(F)c(F)c(F)c(F)c5F)ccc43)c(C)c2)ccc1Cl. The molecule has 0 fully saturated rings. The van der Waals surface area contributed by atoms with E-state index >= 15 is 0 Å². The normalized spacial score (nSPS) is 11.7. The van der Waals surface area contributed by atoms with Crippen molar-refractivity contribution in [1.29, 1.82) is 0 Å². The van der Waals surface area contributed by atoms with Crippen molar-refractivity contribution < 1.29 is 34.6 Å². The minimum absolute atomic E-state index is 0.212. The third-order valence-electron chi connectivity index (χ3n) is 6.45. The van der Waals surface area contributed by atoms with Crippen LogP contribution in [0.3, 0.4) is 0 Å². The van der Waals surface area contributed by atoms with E-state index in [-0.39, 0.29) is 10.9 Å². The lowest BCUT2D eigenvalue weighted by atomic mass is 10.0. The van der Waals surface area contributed by atoms with Crippen LogP contribution in [-0.4, -0.2) is 13.0 Å². The van der Waals surface area contributed by atoms with Crippen molar-refractivity contribution in [3.63, 3.8) is 0 Å². The lowest BCUT2D eigenvalue weighted by molar-refractivity contribution is 0.346. The summed E-state index contributed by atoms with van der Waals surface area (Å²) in [6.07, 6.45) is 0. The van der Waals surface area contributed by atoms with Gasteiger partial charge in [-0.2, -0.15) is 17.2 Å². The highest BCUT2D eigenvalue weighted by Gasteiger charge is 2.31. The van der Waals surface area contributed by atoms with Crippen LogP contribution in [0.1, 0.15) is 11.1 Å². The molecular weight excluding hydrogens is 589 g/mol. The van der Waals surface area contributed by atoms with E-state index in [1.807, 2.05) is 31.2 Å². The second kappa shape index (κ2) is 10.3. The van der Waals surface area contributed by atoms with Crippen molar-refractivity contribution in [1.82, 2.24) is 4.57 Å². The smallest absolute Gasteiger partial charge is 0.339 e. The molecule has 0 amide bonds. The van der Waals surface area contributed by atoms with Gasteiger partial charge in [-0.3, -0.25) is 9.36 Å². The molecule has 5 nitrogen and oxygen atoms in total. The molecule has 210 valence electrons. The Bertz CT molecular complexity index is 2030. The number of rotatable bonds is 5. The summed E-state index contributed by atoms with van der Waals surface area (Å²) in [5, 5.41) is 0.840. The van der Waals surface area contributed by atoms with Crippen LogP contribution in [0.4, 0.5) is 22.0 Å². The number of nitrogens with zero attached hydrogens (tertiary/aromatic N) is 1. The Kier molecular flexibility index (Phi) is 7.12. The summed E-state index contributed by atoms with van der Waals surface area (Å²) in [6.45, 7) is 3.68. The summed E-state index contributed by atoms with van der Waals surface area (Å²) < 4.78 is 99.8. The van der Waals surface area contributed by atoms with E-state index in [1.54, 1.807) is 19.1 Å². The molecule has 0 aliphatic heterocycles. The van der Waals surface area contributed by atoms with Gasteiger partial charge in [0.1, 0.15) is 4.90 Å². The summed E-state index contributed by atoms with van der Waals surface area (Å²) in [4.78, 5) is 12.3. The molecule has 0 saturated heterocycles. The Labute approximate surface area is 235 Å². The molecule has 0 saturated carbocycles. The molecule has 5 rings (SSSR count). The lowest BCUT2D eigenvalue weighted by Crippen LogP contribution is -2.19. The van der Waals surface area contributed by atoms with Crippen molar-refractivity contribution in [3.05, 3.63) is 122 Å². The van der Waals surface area contributed by atoms with Crippen LogP contribution < -0.4 is 9.74 Å². The average molecular weight is 606 g/mol. The first-order chi connectivity index (χ1) is 19.3. The first-order valence-electron chi connectivity index (χ1n) is 11.8. The first-order valence-corrected chi connectivity index (χ1v) is 13.6. The zero-order chi connectivity index (χ0) is 29.8. The largest absolute Gasteiger partial charge is 0.372 e. The summed E-state index contributed by atoms with van der Waals surface area (Å²) in [5.74, 6) is -14.0. The molecule has 0 radical (unpaired) electrons. The summed E-state index contributed by atoms with van der Waals surface area (Å²) >= 11 is 6.13. The Hall–Kier alpha value is -4.22. The van der Waals surface area contributed by atoms with E-state index in [0.29, 0.717) is 10.7 Å². The minimum atomic E-state index is -5.07. The second-order valence-corrected chi connectivity index (χ2v) is 11.1. The van der Waals surface area contributed by atoms with E-state index in [2.05, 4.69) is 4.18 Å². The predicted molar refractivity (Wildman–Crippen MR) is 144 cm³/mol. The molecule has 0 N–H and O–H groups in total. The Morgan fingerprint density at radius 2 is 1.29 bits per heavy atom. The number of halogens is 6. The lowest BCUT2D eigenvalue weighted by Gasteiger charge is -2.15. The standard InChI is InChI=1S/C29H17ClF5NO4S/c1-14-11-16(3-7-20(14)30)17-4-8-21(15(2)12-17)36-22-9-6-19(13-18(22)5-10-23(36)37)41(38,39)40-29-27(34)25(32)24(31)26(33)28(29)35/h3-13H,1-2H3. The zero-order valence-electron chi connectivity index (χ0n) is 21.1. The number of fused-ring (bicyclic) bond motifs is 1. The zero-order valence-corrected chi connectivity index (χ0v) is 22.7. The molecule has 1 heterocycles. The maximum atomic E-state index is 14.0. The third-order valence-corrected chi connectivity index (χ3v) is 8.09. The number of hydrogen-bond donors (Lipinski definition) is 0. The Morgan fingerprint density at radius 3 is 1.90 bits per heavy atom. The highest BCUT2D eigenvalue weighted by atomic mass is 35.5. The van der Waals surface area contributed by atoms with Gasteiger partial charge in [-0.25, -0.2) is 13.2 Å². The summed E-state index contributed by atoms with van der Waals surface area (Å²) in [7, 11) is -5.07. The number of aryl methyl sites for hydroxylation is 2. The molecule has 12 heteroatoms. The van der Waals surface area contributed by atoms with Crippen molar-refractivity contribution in [2.45, 2.75) is 18.7 Å². The van der Waals surface area contributed by atoms with E-state index < -0.39 is 55.4 Å². The molecule has 4 aromatic carbocycles. The van der Waals surface area contributed by atoms with Gasteiger partial charge < -0.3 is 4.18 Å². The molecule has 0 atom stereocenters. The van der Waals surface area contributed by atoms with Crippen molar-refractivity contribution in [2.24, 2.45) is 0 Å². The number of benzene rings is 4. The van der Waals surface area contributed by atoms with Crippen molar-refractivity contribution >= 4 is 32.6 Å². The fourth-order valence-corrected chi connectivity index (χ4v) is 5.44. The van der Waals surface area contributed by atoms with Crippen molar-refractivity contribution in [3.8, 4) is 22.6 Å². The maximum absolute atomic E-state index is 14.0. The third kappa shape index (κ3) is 4.95. The minimum Gasteiger partial charge on any atom is -0.372 e. The van der Waals surface area contributed by atoms with Gasteiger partial charge in [0.05, 0.1) is 11.2 Å². The fourth-order valence-electron chi connectivity index (χ4n) is 4.35. The highest BCUT2D eigenvalue weighted by molar-refractivity contribution is 7.87. The molecule has 0 spiro atoms. The van der Waals surface area contributed by atoms with Gasteiger partial charge in [0.2, 0.25) is 34.8 Å². The number of aromatic nitrogens is 1. The van der Waals surface area contributed by atoms with Gasteiger partial charge >= 0.3 is 10.1 Å². The van der Waals surface area contributed by atoms with E-state index in [1.165, 1.54) is 22.8 Å². The molecule has 0 unspecified atom stereocenters. The van der Waals surface area contributed by atoms with Crippen molar-refractivity contribution in [2.75, 3.05) is 0 Å². The Morgan fingerprint density at radius 1 is 0.707 bits per heavy atom. The molecule has 0 aliphatic rings. The van der Waals surface area contributed by atoms with Gasteiger partial charge in [-0.1, -0.05) is 23.7 Å². The molecule has 5 aromatic rings. The topological polar surface area (TPSA) is 65.4 Å². The van der Waals surface area contributed by atoms with Crippen LogP contribution in [0.2, 0.25) is 5.02 Å². The fraction of sp³-hybridized carbons (Fsp3) is 0.0690. The summed E-state index contributed by atoms with van der Waals surface area (Å²) in [5.41, 5.74) is 3.76. The van der Waals surface area contributed by atoms with Crippen LogP contribution >= 0.6 is 11.6 Å². The van der Waals surface area contributed by atoms with Gasteiger partial charge in [0.15, 0.2) is 0 Å². The molecule has 0 aliphatic carbocycles. The second-order valence-electron chi connectivity index (χ2n) is 9.13. The quantitative estimate of drug-likeness (QED) is 0.0907. The van der Waals surface area contributed by atoms with Crippen LogP contribution in [0.15, 0.2) is 76.4 Å². The van der Waals surface area contributed by atoms with Crippen LogP contribution in [0.25, 0.3) is 27.7 Å². The maximum Gasteiger partial charge on any atom is 0.339 e.